The molecular formula is C23H28N2O4S. The van der Waals surface area contributed by atoms with Gasteiger partial charge in [-0.25, -0.2) is 4.79 Å². The van der Waals surface area contributed by atoms with Crippen LogP contribution in [0, 0.1) is 11.8 Å². The van der Waals surface area contributed by atoms with Crippen LogP contribution in [-0.2, 0) is 9.59 Å². The van der Waals surface area contributed by atoms with E-state index in [-0.39, 0.29) is 22.7 Å². The highest BCUT2D eigenvalue weighted by molar-refractivity contribution is 7.18. The quantitative estimate of drug-likeness (QED) is 0.590. The Bertz CT molecular complexity index is 912. The number of nitrogens with zero attached hydrogens (tertiary/aromatic N) is 1. The highest BCUT2D eigenvalue weighted by Gasteiger charge is 2.33. The van der Waals surface area contributed by atoms with E-state index in [0.29, 0.717) is 23.7 Å². The average molecular weight is 429 g/mol. The first-order valence-corrected chi connectivity index (χ1v) is 11.1. The zero-order valence-corrected chi connectivity index (χ0v) is 18.4. The molecule has 0 bridgehead atoms. The minimum Gasteiger partial charge on any atom is -0.477 e. The van der Waals surface area contributed by atoms with Gasteiger partial charge < -0.3 is 15.3 Å². The molecule has 1 aromatic heterocycles. The summed E-state index contributed by atoms with van der Waals surface area (Å²) >= 11 is 1.17. The third kappa shape index (κ3) is 4.73. The lowest BCUT2D eigenvalue weighted by Gasteiger charge is -2.33. The monoisotopic (exact) mass is 428 g/mol. The van der Waals surface area contributed by atoms with Crippen molar-refractivity contribution in [1.29, 1.82) is 0 Å². The van der Waals surface area contributed by atoms with Gasteiger partial charge in [-0.15, -0.1) is 11.3 Å². The number of hydrogen-bond acceptors (Lipinski definition) is 4. The molecule has 2 amide bonds. The number of rotatable bonds is 7. The van der Waals surface area contributed by atoms with E-state index in [1.54, 1.807) is 23.1 Å². The molecule has 7 heteroatoms. The van der Waals surface area contributed by atoms with Crippen molar-refractivity contribution in [2.75, 3.05) is 10.2 Å². The highest BCUT2D eigenvalue weighted by Crippen LogP contribution is 2.40. The van der Waals surface area contributed by atoms with Gasteiger partial charge in [0.15, 0.2) is 0 Å². The average Bonchev–Trinajstić information content (AvgIpc) is 3.14. The molecule has 0 saturated heterocycles. The molecule has 1 aliphatic rings. The molecule has 2 aromatic rings. The molecular weight excluding hydrogens is 400 g/mol. The summed E-state index contributed by atoms with van der Waals surface area (Å²) in [6, 6.07) is 8.85. The van der Waals surface area contributed by atoms with Crippen LogP contribution in [-0.4, -0.2) is 29.4 Å². The minimum atomic E-state index is -1.03. The van der Waals surface area contributed by atoms with Crippen LogP contribution in [0.3, 0.4) is 0 Å². The van der Waals surface area contributed by atoms with E-state index in [1.807, 2.05) is 26.0 Å². The van der Waals surface area contributed by atoms with Crippen molar-refractivity contribution in [2.24, 2.45) is 11.8 Å². The van der Waals surface area contributed by atoms with E-state index in [9.17, 15) is 19.5 Å². The largest absolute Gasteiger partial charge is 0.477 e. The van der Waals surface area contributed by atoms with Gasteiger partial charge in [-0.2, -0.15) is 0 Å². The summed E-state index contributed by atoms with van der Waals surface area (Å²) in [5.74, 6) is -0.423. The second kappa shape index (κ2) is 9.43. The number of anilines is 2. The Kier molecular flexibility index (Phi) is 6.92. The number of carboxylic acids is 1. The summed E-state index contributed by atoms with van der Waals surface area (Å²) in [5.41, 5.74) is 1.97. The van der Waals surface area contributed by atoms with E-state index in [0.717, 1.165) is 36.1 Å². The lowest BCUT2D eigenvalue weighted by molar-refractivity contribution is -0.123. The molecule has 3 rings (SSSR count). The van der Waals surface area contributed by atoms with Gasteiger partial charge >= 0.3 is 5.97 Å². The maximum absolute atomic E-state index is 13.4. The third-order valence-electron chi connectivity index (χ3n) is 5.68. The minimum absolute atomic E-state index is 0.0225. The van der Waals surface area contributed by atoms with Gasteiger partial charge in [0.2, 0.25) is 12.3 Å². The molecule has 1 aromatic carbocycles. The Hall–Kier alpha value is -2.67. The predicted molar refractivity (Wildman–Crippen MR) is 120 cm³/mol. The first-order chi connectivity index (χ1) is 14.3. The fourth-order valence-electron chi connectivity index (χ4n) is 4.01. The zero-order chi connectivity index (χ0) is 21.8. The normalized spacial score (nSPS) is 18.8. The van der Waals surface area contributed by atoms with Gasteiger partial charge in [0.05, 0.1) is 5.69 Å². The Labute approximate surface area is 180 Å². The lowest BCUT2D eigenvalue weighted by atomic mass is 9.82. The van der Waals surface area contributed by atoms with E-state index in [2.05, 4.69) is 12.2 Å². The van der Waals surface area contributed by atoms with Crippen LogP contribution in [0.5, 0.6) is 0 Å². The molecule has 1 fully saturated rings. The van der Waals surface area contributed by atoms with Crippen molar-refractivity contribution in [2.45, 2.75) is 52.5 Å². The number of hydrogen-bond donors (Lipinski definition) is 2. The highest BCUT2D eigenvalue weighted by atomic mass is 32.1. The number of aromatic carboxylic acids is 1. The van der Waals surface area contributed by atoms with E-state index >= 15 is 0 Å². The number of nitrogens with one attached hydrogen (secondary N) is 1. The molecule has 0 radical (unpaired) electrons. The summed E-state index contributed by atoms with van der Waals surface area (Å²) in [7, 11) is 0. The van der Waals surface area contributed by atoms with E-state index < -0.39 is 5.97 Å². The van der Waals surface area contributed by atoms with Crippen molar-refractivity contribution < 1.29 is 19.5 Å². The molecule has 6 nitrogen and oxygen atoms in total. The predicted octanol–water partition coefficient (Wildman–Crippen LogP) is 5.25. The van der Waals surface area contributed by atoms with Gasteiger partial charge in [-0.3, -0.25) is 9.59 Å². The first kappa shape index (κ1) is 22.0. The molecule has 160 valence electrons. The van der Waals surface area contributed by atoms with Crippen LogP contribution < -0.4 is 10.2 Å². The second-order valence-electron chi connectivity index (χ2n) is 8.23. The number of carbonyl (C=O) groups is 3. The van der Waals surface area contributed by atoms with Crippen LogP contribution in [0.4, 0.5) is 11.4 Å². The molecule has 0 atom stereocenters. The van der Waals surface area contributed by atoms with Crippen LogP contribution in [0.1, 0.15) is 56.1 Å². The molecule has 1 saturated carbocycles. The maximum Gasteiger partial charge on any atom is 0.348 e. The maximum atomic E-state index is 13.4. The summed E-state index contributed by atoms with van der Waals surface area (Å²) in [6.45, 7) is 6.06. The van der Waals surface area contributed by atoms with Crippen LogP contribution in [0.15, 0.2) is 30.3 Å². The van der Waals surface area contributed by atoms with E-state index in [1.165, 1.54) is 11.3 Å². The number of benzene rings is 1. The summed E-state index contributed by atoms with van der Waals surface area (Å²) in [5, 5.41) is 12.4. The van der Waals surface area contributed by atoms with Crippen LogP contribution >= 0.6 is 11.3 Å². The molecule has 1 heterocycles. The summed E-state index contributed by atoms with van der Waals surface area (Å²) in [6.07, 6.45) is 4.38. The number of carbonyl (C=O) groups excluding carboxylic acids is 2. The SMILES string of the molecule is CC1CCC(C(=O)N(c2cc(-c3ccc(NC=O)cc3)sc2C(=O)O)C(C)C)CC1. The standard InChI is InChI=1S/C23H28N2O4S/c1-14(2)25(22(27)17-6-4-15(3)5-7-17)19-12-20(30-21(19)23(28)29)16-8-10-18(11-9-16)24-13-26/h8-15,17H,4-7H2,1-3H3,(H,24,26)(H,28,29). The summed E-state index contributed by atoms with van der Waals surface area (Å²) < 4.78 is 0. The van der Waals surface area contributed by atoms with Crippen molar-refractivity contribution in [3.63, 3.8) is 0 Å². The van der Waals surface area contributed by atoms with Crippen molar-refractivity contribution >= 4 is 41.0 Å². The molecule has 0 unspecified atom stereocenters. The Morgan fingerprint density at radius 1 is 1.17 bits per heavy atom. The number of carboxylic acid groups (broad SMARTS) is 1. The van der Waals surface area contributed by atoms with Gasteiger partial charge in [0.1, 0.15) is 4.88 Å². The van der Waals surface area contributed by atoms with Crippen molar-refractivity contribution in [3.05, 3.63) is 35.2 Å². The molecule has 0 spiro atoms. The van der Waals surface area contributed by atoms with Gasteiger partial charge in [-0.1, -0.05) is 19.1 Å². The zero-order valence-electron chi connectivity index (χ0n) is 17.6. The fourth-order valence-corrected chi connectivity index (χ4v) is 5.00. The van der Waals surface area contributed by atoms with Gasteiger partial charge in [0, 0.05) is 22.5 Å². The van der Waals surface area contributed by atoms with Crippen molar-refractivity contribution in [1.82, 2.24) is 0 Å². The molecule has 1 aliphatic carbocycles. The number of amides is 2. The van der Waals surface area contributed by atoms with E-state index in [4.69, 9.17) is 0 Å². The third-order valence-corrected chi connectivity index (χ3v) is 6.84. The topological polar surface area (TPSA) is 86.7 Å². The molecule has 2 N–H and O–H groups in total. The second-order valence-corrected chi connectivity index (χ2v) is 9.28. The lowest BCUT2D eigenvalue weighted by Crippen LogP contribution is -2.42. The smallest absolute Gasteiger partial charge is 0.348 e. The van der Waals surface area contributed by atoms with Gasteiger partial charge in [-0.05, 0) is 69.2 Å². The van der Waals surface area contributed by atoms with Crippen LogP contribution in [0.2, 0.25) is 0 Å². The Balaban J connectivity index is 1.96. The molecule has 30 heavy (non-hydrogen) atoms. The summed E-state index contributed by atoms with van der Waals surface area (Å²) in [4.78, 5) is 38.6. The first-order valence-electron chi connectivity index (χ1n) is 10.3. The Morgan fingerprint density at radius 2 is 1.80 bits per heavy atom. The van der Waals surface area contributed by atoms with Gasteiger partial charge in [0.25, 0.3) is 0 Å². The number of thiophene rings is 1. The molecule has 0 aliphatic heterocycles. The van der Waals surface area contributed by atoms with Crippen LogP contribution in [0.25, 0.3) is 10.4 Å². The fraction of sp³-hybridized carbons (Fsp3) is 0.435. The van der Waals surface area contributed by atoms with Crippen molar-refractivity contribution in [3.8, 4) is 10.4 Å². The Morgan fingerprint density at radius 3 is 2.33 bits per heavy atom.